The second-order valence-corrected chi connectivity index (χ2v) is 13.6. The number of alkyl halides is 1. The summed E-state index contributed by atoms with van der Waals surface area (Å²) in [6.45, 7) is 8.95. The number of rotatable bonds is 16. The Hall–Kier alpha value is -3.04. The molecule has 15 heteroatoms. The number of esters is 2. The van der Waals surface area contributed by atoms with Crippen LogP contribution in [0.5, 0.6) is 17.2 Å². The third-order valence-electron chi connectivity index (χ3n) is 5.68. The zero-order chi connectivity index (χ0) is 32.3. The van der Waals surface area contributed by atoms with Crippen LogP contribution < -0.4 is 30.3 Å². The Bertz CT molecular complexity index is 1460. The number of halogens is 1. The van der Waals surface area contributed by atoms with Gasteiger partial charge in [0.2, 0.25) is 7.44 Å². The molecule has 0 saturated carbocycles. The van der Waals surface area contributed by atoms with Crippen LogP contribution in [-0.2, 0) is 23.6 Å². The lowest BCUT2D eigenvalue weighted by atomic mass is 10.2. The standard InChI is InChI=1S/C29H36IN4O8PS/c1-6-39-27(36)19(5)33-43(38,34-25(17-30)28(37)40-7-2)24-10-8-21(9-11-24)42-23-15-20(14-22(16-23)41-18(3)4)26(35)32-29-31-12-13-44-29/h8-16,18-19,25H,6-7,17H2,1-5H3,(H,31,32,35)(H2,33,34,38)/t19-,25-,43?/m0/s1. The quantitative estimate of drug-likeness (QED) is 0.0756. The van der Waals surface area contributed by atoms with Crippen LogP contribution in [0.15, 0.2) is 54.0 Å². The molecule has 238 valence electrons. The molecule has 3 rings (SSSR count). The first-order valence-electron chi connectivity index (χ1n) is 13.8. The van der Waals surface area contributed by atoms with E-state index in [1.807, 2.05) is 36.4 Å². The number of benzene rings is 2. The van der Waals surface area contributed by atoms with Gasteiger partial charge in [-0.2, -0.15) is 0 Å². The van der Waals surface area contributed by atoms with Crippen molar-refractivity contribution in [3.63, 3.8) is 0 Å². The monoisotopic (exact) mass is 758 g/mol. The molecular weight excluding hydrogens is 722 g/mol. The largest absolute Gasteiger partial charge is 0.491 e. The molecule has 3 atom stereocenters. The molecule has 0 radical (unpaired) electrons. The van der Waals surface area contributed by atoms with Crippen molar-refractivity contribution in [2.24, 2.45) is 0 Å². The van der Waals surface area contributed by atoms with Gasteiger partial charge in [0.25, 0.3) is 5.91 Å². The Kier molecular flexibility index (Phi) is 13.6. The molecule has 12 nitrogen and oxygen atoms in total. The minimum atomic E-state index is -3.77. The molecule has 0 aliphatic heterocycles. The lowest BCUT2D eigenvalue weighted by molar-refractivity contribution is -0.145. The fraction of sp³-hybridized carbons (Fsp3) is 0.379. The molecule has 2 aromatic carbocycles. The Balaban J connectivity index is 1.90. The van der Waals surface area contributed by atoms with Gasteiger partial charge < -0.3 is 18.9 Å². The van der Waals surface area contributed by atoms with E-state index in [4.69, 9.17) is 18.9 Å². The van der Waals surface area contributed by atoms with E-state index >= 15 is 0 Å². The summed E-state index contributed by atoms with van der Waals surface area (Å²) < 4.78 is 36.7. The summed E-state index contributed by atoms with van der Waals surface area (Å²) >= 11 is 3.30. The smallest absolute Gasteiger partial charge is 0.324 e. The molecule has 0 saturated heterocycles. The summed E-state index contributed by atoms with van der Waals surface area (Å²) in [6, 6.07) is 9.31. The Morgan fingerprint density at radius 1 is 0.932 bits per heavy atom. The second kappa shape index (κ2) is 16.9. The molecule has 44 heavy (non-hydrogen) atoms. The first-order valence-corrected chi connectivity index (χ1v) is 17.9. The fourth-order valence-electron chi connectivity index (χ4n) is 3.81. The number of hydrogen-bond donors (Lipinski definition) is 3. The van der Waals surface area contributed by atoms with Crippen LogP contribution in [0, 0.1) is 0 Å². The van der Waals surface area contributed by atoms with Crippen molar-refractivity contribution in [1.82, 2.24) is 15.2 Å². The number of nitrogens with one attached hydrogen (secondary N) is 3. The Morgan fingerprint density at radius 2 is 1.59 bits per heavy atom. The molecule has 3 aromatic rings. The van der Waals surface area contributed by atoms with E-state index < -0.39 is 31.5 Å². The SMILES string of the molecule is CCOC(=O)[C@H](C)NP(=O)(N[C@@H](CI)C(=O)OCC)c1ccc(Oc2cc(OC(C)C)cc(C(=O)Nc3nccs3)c2)cc1. The average Bonchev–Trinajstić information content (AvgIpc) is 3.49. The van der Waals surface area contributed by atoms with Crippen LogP contribution in [0.1, 0.15) is 45.0 Å². The molecule has 1 unspecified atom stereocenters. The lowest BCUT2D eigenvalue weighted by Crippen LogP contribution is -2.46. The first kappa shape index (κ1) is 35.4. The van der Waals surface area contributed by atoms with Crippen molar-refractivity contribution in [2.45, 2.75) is 52.8 Å². The van der Waals surface area contributed by atoms with Crippen LogP contribution >= 0.6 is 41.4 Å². The van der Waals surface area contributed by atoms with Gasteiger partial charge in [0.1, 0.15) is 29.3 Å². The summed E-state index contributed by atoms with van der Waals surface area (Å²) in [5.41, 5.74) is 0.305. The van der Waals surface area contributed by atoms with E-state index in [0.29, 0.717) is 33.2 Å². The van der Waals surface area contributed by atoms with E-state index in [-0.39, 0.29) is 29.7 Å². The van der Waals surface area contributed by atoms with Gasteiger partial charge in [0.15, 0.2) is 5.13 Å². The zero-order valence-electron chi connectivity index (χ0n) is 25.0. The van der Waals surface area contributed by atoms with E-state index in [0.717, 1.165) is 0 Å². The van der Waals surface area contributed by atoms with Gasteiger partial charge in [0.05, 0.1) is 19.3 Å². The number of carbonyl (C=O) groups excluding carboxylic acids is 3. The third kappa shape index (κ3) is 10.3. The van der Waals surface area contributed by atoms with Gasteiger partial charge in [-0.3, -0.25) is 24.3 Å². The number of carbonyl (C=O) groups is 3. The van der Waals surface area contributed by atoms with E-state index in [2.05, 4.69) is 20.5 Å². The van der Waals surface area contributed by atoms with E-state index in [1.54, 1.807) is 67.9 Å². The predicted molar refractivity (Wildman–Crippen MR) is 178 cm³/mol. The molecule has 1 amide bonds. The van der Waals surface area contributed by atoms with Crippen LogP contribution in [-0.4, -0.2) is 58.7 Å². The summed E-state index contributed by atoms with van der Waals surface area (Å²) in [4.78, 5) is 41.9. The number of ether oxygens (including phenoxy) is 4. The van der Waals surface area contributed by atoms with Crippen LogP contribution in [0.2, 0.25) is 0 Å². The molecule has 0 spiro atoms. The number of thiazole rings is 1. The minimum absolute atomic E-state index is 0.147. The van der Waals surface area contributed by atoms with Gasteiger partial charge in [0, 0.05) is 32.9 Å². The van der Waals surface area contributed by atoms with Gasteiger partial charge in [-0.05, 0) is 71.0 Å². The number of aromatic nitrogens is 1. The van der Waals surface area contributed by atoms with E-state index in [9.17, 15) is 18.9 Å². The molecular formula is C29H36IN4O8PS. The number of anilines is 1. The lowest BCUT2D eigenvalue weighted by Gasteiger charge is -2.27. The van der Waals surface area contributed by atoms with Crippen molar-refractivity contribution < 1.29 is 37.9 Å². The normalized spacial score (nSPS) is 13.8. The molecule has 0 bridgehead atoms. The third-order valence-corrected chi connectivity index (χ3v) is 9.70. The highest BCUT2D eigenvalue weighted by Gasteiger charge is 2.34. The predicted octanol–water partition coefficient (Wildman–Crippen LogP) is 5.29. The topological polar surface area (TPSA) is 154 Å². The van der Waals surface area contributed by atoms with Gasteiger partial charge >= 0.3 is 11.9 Å². The van der Waals surface area contributed by atoms with Crippen molar-refractivity contribution >= 4 is 69.7 Å². The highest BCUT2D eigenvalue weighted by atomic mass is 127. The van der Waals surface area contributed by atoms with Crippen LogP contribution in [0.25, 0.3) is 0 Å². The van der Waals surface area contributed by atoms with Crippen molar-refractivity contribution in [1.29, 1.82) is 0 Å². The molecule has 1 aromatic heterocycles. The maximum absolute atomic E-state index is 14.3. The van der Waals surface area contributed by atoms with Crippen molar-refractivity contribution in [3.8, 4) is 17.2 Å². The number of hydrogen-bond acceptors (Lipinski definition) is 10. The van der Waals surface area contributed by atoms with Crippen LogP contribution in [0.3, 0.4) is 0 Å². The van der Waals surface area contributed by atoms with Crippen LogP contribution in [0.4, 0.5) is 5.13 Å². The van der Waals surface area contributed by atoms with E-state index in [1.165, 1.54) is 18.3 Å². The number of nitrogens with zero attached hydrogens (tertiary/aromatic N) is 1. The van der Waals surface area contributed by atoms with Gasteiger partial charge in [-0.25, -0.2) is 15.2 Å². The van der Waals surface area contributed by atoms with Gasteiger partial charge in [-0.1, -0.05) is 22.6 Å². The second-order valence-electron chi connectivity index (χ2n) is 9.55. The first-order chi connectivity index (χ1) is 21.0. The summed E-state index contributed by atoms with van der Waals surface area (Å²) in [6.07, 6.45) is 1.45. The van der Waals surface area contributed by atoms with Gasteiger partial charge in [-0.15, -0.1) is 11.3 Å². The fourth-order valence-corrected chi connectivity index (χ4v) is 7.49. The zero-order valence-corrected chi connectivity index (χ0v) is 28.9. The molecule has 0 fully saturated rings. The highest BCUT2D eigenvalue weighted by molar-refractivity contribution is 14.1. The number of amides is 1. The Labute approximate surface area is 274 Å². The Morgan fingerprint density at radius 3 is 2.18 bits per heavy atom. The summed E-state index contributed by atoms with van der Waals surface area (Å²) in [5.74, 6) is -0.381. The van der Waals surface area contributed by atoms with Crippen molar-refractivity contribution in [2.75, 3.05) is 23.0 Å². The molecule has 3 N–H and O–H groups in total. The highest BCUT2D eigenvalue weighted by Crippen LogP contribution is 2.38. The summed E-state index contributed by atoms with van der Waals surface area (Å²) in [5, 5.41) is 11.0. The summed E-state index contributed by atoms with van der Waals surface area (Å²) in [7, 11) is -3.77. The maximum Gasteiger partial charge on any atom is 0.324 e. The van der Waals surface area contributed by atoms with Crippen molar-refractivity contribution in [3.05, 3.63) is 59.6 Å². The minimum Gasteiger partial charge on any atom is -0.491 e. The average molecular weight is 759 g/mol. The molecule has 0 aliphatic carbocycles. The molecule has 1 heterocycles. The maximum atomic E-state index is 14.3. The molecule has 0 aliphatic rings.